The van der Waals surface area contributed by atoms with Gasteiger partial charge in [0.2, 0.25) is 0 Å². The summed E-state index contributed by atoms with van der Waals surface area (Å²) < 4.78 is 10.2. The van der Waals surface area contributed by atoms with Gasteiger partial charge in [0.25, 0.3) is 0 Å². The summed E-state index contributed by atoms with van der Waals surface area (Å²) in [6.07, 6.45) is 1.54. The molecule has 0 aromatic carbocycles. The molecule has 4 heteroatoms. The van der Waals surface area contributed by atoms with Crippen LogP contribution in [0.15, 0.2) is 0 Å². The van der Waals surface area contributed by atoms with Gasteiger partial charge in [-0.1, -0.05) is 6.92 Å². The van der Waals surface area contributed by atoms with Crippen molar-refractivity contribution >= 4 is 5.97 Å². The van der Waals surface area contributed by atoms with E-state index in [1.54, 1.807) is 7.11 Å². The summed E-state index contributed by atoms with van der Waals surface area (Å²) in [4.78, 5) is 11.8. The van der Waals surface area contributed by atoms with Gasteiger partial charge in [-0.25, -0.2) is 0 Å². The molecule has 1 N–H and O–H groups in total. The van der Waals surface area contributed by atoms with Crippen LogP contribution in [0.5, 0.6) is 0 Å². The number of hydrogen-bond donors (Lipinski definition) is 1. The van der Waals surface area contributed by atoms with Gasteiger partial charge in [0.1, 0.15) is 5.54 Å². The number of nitrogens with one attached hydrogen (secondary N) is 1. The Balaban J connectivity index is 4.72. The normalized spacial score (nSPS) is 15.6. The Hall–Kier alpha value is -0.610. The highest BCUT2D eigenvalue weighted by Crippen LogP contribution is 2.24. The van der Waals surface area contributed by atoms with Gasteiger partial charge >= 0.3 is 5.97 Å². The highest BCUT2D eigenvalue weighted by atomic mass is 16.5. The lowest BCUT2D eigenvalue weighted by molar-refractivity contribution is -0.151. The molecule has 0 aliphatic heterocycles. The molecule has 0 rings (SSSR count). The lowest BCUT2D eigenvalue weighted by Crippen LogP contribution is -2.54. The predicted octanol–water partition coefficient (Wildman–Crippen LogP) is 1.73. The number of methoxy groups -OCH3 is 2. The molecule has 0 radical (unpaired) electrons. The van der Waals surface area contributed by atoms with Crippen LogP contribution >= 0.6 is 0 Å². The number of carbonyl (C=O) groups is 1. The van der Waals surface area contributed by atoms with Crippen LogP contribution in [0, 0.1) is 0 Å². The van der Waals surface area contributed by atoms with E-state index in [1.165, 1.54) is 7.11 Å². The van der Waals surface area contributed by atoms with E-state index in [0.29, 0.717) is 6.42 Å². The van der Waals surface area contributed by atoms with Gasteiger partial charge in [-0.05, 0) is 33.7 Å². The maximum Gasteiger partial charge on any atom is 0.325 e. The summed E-state index contributed by atoms with van der Waals surface area (Å²) in [6.45, 7) is 8.62. The number of esters is 1. The standard InChI is InChI=1S/C12H25NO3/c1-7-8-13-12(4,10(14)15-5)9-11(2,3)16-6/h13H,7-9H2,1-6H3. The molecular weight excluding hydrogens is 206 g/mol. The quantitative estimate of drug-likeness (QED) is 0.678. The summed E-state index contributed by atoms with van der Waals surface area (Å²) >= 11 is 0. The first kappa shape index (κ1) is 15.4. The summed E-state index contributed by atoms with van der Waals surface area (Å²) in [5.41, 5.74) is -1.05. The second kappa shape index (κ2) is 6.21. The minimum atomic E-state index is -0.690. The fraction of sp³-hybridized carbons (Fsp3) is 0.917. The topological polar surface area (TPSA) is 47.6 Å². The van der Waals surface area contributed by atoms with Gasteiger partial charge in [0.15, 0.2) is 0 Å². The molecule has 0 aromatic rings. The zero-order chi connectivity index (χ0) is 12.8. The van der Waals surface area contributed by atoms with Crippen molar-refractivity contribution in [2.24, 2.45) is 0 Å². The Labute approximate surface area is 98.7 Å². The smallest absolute Gasteiger partial charge is 0.325 e. The fourth-order valence-corrected chi connectivity index (χ4v) is 1.76. The first-order chi connectivity index (χ1) is 7.31. The van der Waals surface area contributed by atoms with Crippen molar-refractivity contribution in [1.29, 1.82) is 0 Å². The van der Waals surface area contributed by atoms with Gasteiger partial charge in [0, 0.05) is 13.5 Å². The molecule has 0 aromatic heterocycles. The maximum absolute atomic E-state index is 11.8. The average Bonchev–Trinajstić information content (AvgIpc) is 2.24. The van der Waals surface area contributed by atoms with Crippen molar-refractivity contribution in [3.05, 3.63) is 0 Å². The van der Waals surface area contributed by atoms with Crippen molar-refractivity contribution < 1.29 is 14.3 Å². The minimum Gasteiger partial charge on any atom is -0.468 e. The van der Waals surface area contributed by atoms with Crippen molar-refractivity contribution in [2.45, 2.75) is 51.7 Å². The first-order valence-electron chi connectivity index (χ1n) is 5.70. The monoisotopic (exact) mass is 231 g/mol. The summed E-state index contributed by atoms with van der Waals surface area (Å²) in [5, 5.41) is 3.23. The largest absolute Gasteiger partial charge is 0.468 e. The van der Waals surface area contributed by atoms with E-state index in [2.05, 4.69) is 12.2 Å². The Kier molecular flexibility index (Phi) is 5.97. The van der Waals surface area contributed by atoms with Crippen molar-refractivity contribution in [2.75, 3.05) is 20.8 Å². The molecule has 0 bridgehead atoms. The third-order valence-electron chi connectivity index (χ3n) is 2.73. The van der Waals surface area contributed by atoms with E-state index in [1.807, 2.05) is 20.8 Å². The molecule has 16 heavy (non-hydrogen) atoms. The van der Waals surface area contributed by atoms with Crippen LogP contribution in [-0.4, -0.2) is 37.9 Å². The van der Waals surface area contributed by atoms with Crippen LogP contribution in [-0.2, 0) is 14.3 Å². The Morgan fingerprint density at radius 1 is 1.25 bits per heavy atom. The Morgan fingerprint density at radius 2 is 1.81 bits per heavy atom. The van der Waals surface area contributed by atoms with Gasteiger partial charge in [0.05, 0.1) is 12.7 Å². The molecule has 0 fully saturated rings. The van der Waals surface area contributed by atoms with Crippen LogP contribution in [0.4, 0.5) is 0 Å². The molecule has 0 aliphatic carbocycles. The lowest BCUT2D eigenvalue weighted by Gasteiger charge is -2.35. The highest BCUT2D eigenvalue weighted by Gasteiger charge is 2.39. The number of ether oxygens (including phenoxy) is 2. The molecule has 0 spiro atoms. The summed E-state index contributed by atoms with van der Waals surface area (Å²) in [5.74, 6) is -0.244. The number of rotatable bonds is 7. The molecular formula is C12H25NO3. The minimum absolute atomic E-state index is 0.244. The van der Waals surface area contributed by atoms with Crippen LogP contribution in [0.1, 0.15) is 40.5 Å². The van der Waals surface area contributed by atoms with Gasteiger partial charge in [-0.3, -0.25) is 4.79 Å². The molecule has 0 saturated carbocycles. The van der Waals surface area contributed by atoms with E-state index in [4.69, 9.17) is 9.47 Å². The van der Waals surface area contributed by atoms with Crippen molar-refractivity contribution in [3.8, 4) is 0 Å². The van der Waals surface area contributed by atoms with Crippen LogP contribution in [0.2, 0.25) is 0 Å². The zero-order valence-corrected chi connectivity index (χ0v) is 11.3. The summed E-state index contributed by atoms with van der Waals surface area (Å²) in [7, 11) is 3.06. The Bertz CT molecular complexity index is 228. The van der Waals surface area contributed by atoms with E-state index in [0.717, 1.165) is 13.0 Å². The van der Waals surface area contributed by atoms with Crippen LogP contribution < -0.4 is 5.32 Å². The third kappa shape index (κ3) is 4.49. The van der Waals surface area contributed by atoms with Gasteiger partial charge < -0.3 is 14.8 Å². The van der Waals surface area contributed by atoms with Crippen molar-refractivity contribution in [3.63, 3.8) is 0 Å². The number of carbonyl (C=O) groups excluding carboxylic acids is 1. The van der Waals surface area contributed by atoms with E-state index >= 15 is 0 Å². The Morgan fingerprint density at radius 3 is 2.19 bits per heavy atom. The van der Waals surface area contributed by atoms with Crippen LogP contribution in [0.3, 0.4) is 0 Å². The fourth-order valence-electron chi connectivity index (χ4n) is 1.76. The van der Waals surface area contributed by atoms with Gasteiger partial charge in [-0.2, -0.15) is 0 Å². The molecule has 1 atom stereocenters. The van der Waals surface area contributed by atoms with Crippen molar-refractivity contribution in [1.82, 2.24) is 5.32 Å². The third-order valence-corrected chi connectivity index (χ3v) is 2.73. The molecule has 1 unspecified atom stereocenters. The van der Waals surface area contributed by atoms with E-state index < -0.39 is 5.54 Å². The predicted molar refractivity (Wildman–Crippen MR) is 64.4 cm³/mol. The second-order valence-electron chi connectivity index (χ2n) is 4.89. The molecule has 4 nitrogen and oxygen atoms in total. The molecule has 0 amide bonds. The number of hydrogen-bond acceptors (Lipinski definition) is 4. The SMILES string of the molecule is CCCNC(C)(CC(C)(C)OC)C(=O)OC. The summed E-state index contributed by atoms with van der Waals surface area (Å²) in [6, 6.07) is 0. The van der Waals surface area contributed by atoms with Crippen LogP contribution in [0.25, 0.3) is 0 Å². The molecule has 96 valence electrons. The molecule has 0 aliphatic rings. The van der Waals surface area contributed by atoms with E-state index in [9.17, 15) is 4.79 Å². The zero-order valence-electron chi connectivity index (χ0n) is 11.3. The maximum atomic E-state index is 11.8. The molecule has 0 saturated heterocycles. The van der Waals surface area contributed by atoms with Gasteiger partial charge in [-0.15, -0.1) is 0 Å². The highest BCUT2D eigenvalue weighted by molar-refractivity contribution is 5.80. The average molecular weight is 231 g/mol. The molecule has 0 heterocycles. The lowest BCUT2D eigenvalue weighted by atomic mass is 9.87. The second-order valence-corrected chi connectivity index (χ2v) is 4.89. The first-order valence-corrected chi connectivity index (χ1v) is 5.70. The van der Waals surface area contributed by atoms with E-state index in [-0.39, 0.29) is 11.6 Å².